The van der Waals surface area contributed by atoms with Crippen LogP contribution in [0.3, 0.4) is 0 Å². The van der Waals surface area contributed by atoms with E-state index in [4.69, 9.17) is 4.98 Å². The number of fused-ring (bicyclic) bond motifs is 6. The van der Waals surface area contributed by atoms with E-state index in [1.54, 1.807) is 5.56 Å². The van der Waals surface area contributed by atoms with Gasteiger partial charge in [0.25, 0.3) is 0 Å². The van der Waals surface area contributed by atoms with Crippen LogP contribution < -0.4 is 0 Å². The van der Waals surface area contributed by atoms with E-state index < -0.39 is 0 Å². The first-order valence-corrected chi connectivity index (χ1v) is 13.2. The van der Waals surface area contributed by atoms with Crippen LogP contribution in [0.1, 0.15) is 81.8 Å². The number of imidazole rings is 1. The van der Waals surface area contributed by atoms with Crippen LogP contribution in [0.25, 0.3) is 38.6 Å². The van der Waals surface area contributed by atoms with Crippen LogP contribution in [0.15, 0.2) is 72.9 Å². The van der Waals surface area contributed by atoms with Crippen molar-refractivity contribution < 1.29 is 0 Å². The van der Waals surface area contributed by atoms with Crippen LogP contribution in [0.2, 0.25) is 0 Å². The third-order valence-electron chi connectivity index (χ3n) is 8.22. The summed E-state index contributed by atoms with van der Waals surface area (Å²) in [5.74, 6) is 1.21. The third-order valence-corrected chi connectivity index (χ3v) is 8.22. The minimum absolute atomic E-state index is 0.566. The standard InChI is InChI=1S/C32H34N2/c1-3-22(4-2)24-18-12-19-25(23-13-6-5-7-14-23)31(24)30-21-33-32-28-17-9-8-15-26(28)27-16-10-11-20-29(27)34(30)32/h8-12,15-23H,3-7,13-14H2,1-2H3. The van der Waals surface area contributed by atoms with Crippen molar-refractivity contribution in [1.29, 1.82) is 0 Å². The molecule has 0 aliphatic heterocycles. The van der Waals surface area contributed by atoms with Crippen molar-refractivity contribution in [2.45, 2.75) is 70.6 Å². The van der Waals surface area contributed by atoms with E-state index in [1.165, 1.54) is 70.6 Å². The molecule has 172 valence electrons. The Balaban J connectivity index is 1.72. The van der Waals surface area contributed by atoms with Crippen molar-refractivity contribution in [3.05, 3.63) is 84.1 Å². The first-order chi connectivity index (χ1) is 16.8. The molecular formula is C32H34N2. The summed E-state index contributed by atoms with van der Waals surface area (Å²) in [4.78, 5) is 5.07. The van der Waals surface area contributed by atoms with Crippen LogP contribution in [0.4, 0.5) is 0 Å². The molecule has 0 amide bonds. The zero-order chi connectivity index (χ0) is 23.1. The van der Waals surface area contributed by atoms with Gasteiger partial charge in [-0.3, -0.25) is 4.40 Å². The number of aromatic nitrogens is 2. The Morgan fingerprint density at radius 3 is 2.26 bits per heavy atom. The summed E-state index contributed by atoms with van der Waals surface area (Å²) in [5, 5.41) is 3.80. The van der Waals surface area contributed by atoms with E-state index in [-0.39, 0.29) is 0 Å². The number of para-hydroxylation sites is 1. The Bertz CT molecular complexity index is 1470. The van der Waals surface area contributed by atoms with Crippen molar-refractivity contribution in [1.82, 2.24) is 9.38 Å². The molecule has 2 nitrogen and oxygen atoms in total. The summed E-state index contributed by atoms with van der Waals surface area (Å²) < 4.78 is 2.45. The third kappa shape index (κ3) is 3.35. The highest BCUT2D eigenvalue weighted by Crippen LogP contribution is 2.44. The smallest absolute Gasteiger partial charge is 0.145 e. The average molecular weight is 447 g/mol. The van der Waals surface area contributed by atoms with E-state index in [9.17, 15) is 0 Å². The molecule has 1 fully saturated rings. The predicted octanol–water partition coefficient (Wildman–Crippen LogP) is 9.26. The maximum atomic E-state index is 5.07. The summed E-state index contributed by atoms with van der Waals surface area (Å²) in [6.07, 6.45) is 11.2. The highest BCUT2D eigenvalue weighted by Gasteiger charge is 2.26. The van der Waals surface area contributed by atoms with Gasteiger partial charge in [-0.2, -0.15) is 0 Å². The fourth-order valence-electron chi connectivity index (χ4n) is 6.48. The van der Waals surface area contributed by atoms with Gasteiger partial charge in [-0.1, -0.05) is 93.8 Å². The Morgan fingerprint density at radius 2 is 1.50 bits per heavy atom. The molecule has 0 saturated heterocycles. The normalized spacial score (nSPS) is 15.1. The second-order valence-electron chi connectivity index (χ2n) is 10.0. The zero-order valence-electron chi connectivity index (χ0n) is 20.4. The minimum Gasteiger partial charge on any atom is -0.292 e. The fraction of sp³-hybridized carbons (Fsp3) is 0.344. The van der Waals surface area contributed by atoms with Crippen molar-refractivity contribution in [3.8, 4) is 11.3 Å². The number of benzene rings is 3. The molecule has 1 saturated carbocycles. The van der Waals surface area contributed by atoms with Gasteiger partial charge in [-0.15, -0.1) is 0 Å². The lowest BCUT2D eigenvalue weighted by Gasteiger charge is -2.28. The van der Waals surface area contributed by atoms with E-state index in [1.807, 2.05) is 0 Å². The van der Waals surface area contributed by atoms with Gasteiger partial charge in [0.1, 0.15) is 5.65 Å². The van der Waals surface area contributed by atoms with Crippen LogP contribution in [0.5, 0.6) is 0 Å². The second-order valence-corrected chi connectivity index (χ2v) is 10.0. The lowest BCUT2D eigenvalue weighted by molar-refractivity contribution is 0.443. The second kappa shape index (κ2) is 8.91. The van der Waals surface area contributed by atoms with Gasteiger partial charge in [0.05, 0.1) is 17.4 Å². The van der Waals surface area contributed by atoms with Crippen LogP contribution in [-0.2, 0) is 0 Å². The van der Waals surface area contributed by atoms with Gasteiger partial charge >= 0.3 is 0 Å². The van der Waals surface area contributed by atoms with Gasteiger partial charge in [0.15, 0.2) is 0 Å². The molecule has 1 aliphatic carbocycles. The Kier molecular flexibility index (Phi) is 5.61. The van der Waals surface area contributed by atoms with Gasteiger partial charge in [-0.05, 0) is 60.1 Å². The number of rotatable bonds is 5. The van der Waals surface area contributed by atoms with Crippen molar-refractivity contribution in [2.24, 2.45) is 0 Å². The predicted molar refractivity (Wildman–Crippen MR) is 145 cm³/mol. The van der Waals surface area contributed by atoms with Crippen molar-refractivity contribution in [3.63, 3.8) is 0 Å². The van der Waals surface area contributed by atoms with Gasteiger partial charge in [0.2, 0.25) is 0 Å². The molecule has 2 heteroatoms. The number of nitrogens with zero attached hydrogens (tertiary/aromatic N) is 2. The molecule has 0 N–H and O–H groups in total. The fourth-order valence-corrected chi connectivity index (χ4v) is 6.48. The molecule has 6 rings (SSSR count). The van der Waals surface area contributed by atoms with E-state index in [0.717, 1.165) is 18.5 Å². The Labute approximate surface area is 202 Å². The number of hydrogen-bond donors (Lipinski definition) is 0. The summed E-state index contributed by atoms with van der Waals surface area (Å²) in [7, 11) is 0. The molecule has 0 spiro atoms. The number of pyridine rings is 1. The van der Waals surface area contributed by atoms with Crippen molar-refractivity contribution >= 4 is 27.3 Å². The lowest BCUT2D eigenvalue weighted by Crippen LogP contribution is -2.10. The molecule has 0 atom stereocenters. The monoisotopic (exact) mass is 446 g/mol. The van der Waals surface area contributed by atoms with Gasteiger partial charge < -0.3 is 0 Å². The maximum absolute atomic E-state index is 5.07. The summed E-state index contributed by atoms with van der Waals surface area (Å²) in [5.41, 5.74) is 8.09. The zero-order valence-corrected chi connectivity index (χ0v) is 20.4. The van der Waals surface area contributed by atoms with Crippen molar-refractivity contribution in [2.75, 3.05) is 0 Å². The van der Waals surface area contributed by atoms with Crippen LogP contribution in [-0.4, -0.2) is 9.38 Å². The molecule has 0 bridgehead atoms. The van der Waals surface area contributed by atoms with E-state index in [0.29, 0.717) is 11.8 Å². The Morgan fingerprint density at radius 1 is 0.794 bits per heavy atom. The summed E-state index contributed by atoms with van der Waals surface area (Å²) in [6, 6.07) is 24.7. The SMILES string of the molecule is CCC(CC)c1cccc(C2CCCCC2)c1-c1cnc2c3ccccc3c3ccccc3n12. The first-order valence-electron chi connectivity index (χ1n) is 13.2. The molecule has 1 aliphatic rings. The van der Waals surface area contributed by atoms with Crippen LogP contribution >= 0.6 is 0 Å². The topological polar surface area (TPSA) is 17.3 Å². The number of hydrogen-bond acceptors (Lipinski definition) is 1. The molecule has 2 aromatic heterocycles. The van der Waals surface area contributed by atoms with Crippen LogP contribution in [0, 0.1) is 0 Å². The maximum Gasteiger partial charge on any atom is 0.145 e. The molecule has 2 heterocycles. The lowest BCUT2D eigenvalue weighted by atomic mass is 9.78. The van der Waals surface area contributed by atoms with E-state index in [2.05, 4.69) is 91.2 Å². The van der Waals surface area contributed by atoms with Gasteiger partial charge in [-0.25, -0.2) is 4.98 Å². The molecule has 3 aromatic carbocycles. The molecule has 0 unspecified atom stereocenters. The Hall–Kier alpha value is -3.13. The minimum atomic E-state index is 0.566. The van der Waals surface area contributed by atoms with Gasteiger partial charge in [0, 0.05) is 16.3 Å². The molecule has 34 heavy (non-hydrogen) atoms. The average Bonchev–Trinajstić information content (AvgIpc) is 3.35. The van der Waals surface area contributed by atoms with E-state index >= 15 is 0 Å². The quantitative estimate of drug-likeness (QED) is 0.246. The molecule has 0 radical (unpaired) electrons. The highest BCUT2D eigenvalue weighted by molar-refractivity contribution is 6.12. The molecule has 5 aromatic rings. The largest absolute Gasteiger partial charge is 0.292 e. The highest BCUT2D eigenvalue weighted by atomic mass is 15.0. The summed E-state index contributed by atoms with van der Waals surface area (Å²) >= 11 is 0. The summed E-state index contributed by atoms with van der Waals surface area (Å²) in [6.45, 7) is 4.67. The molecular weight excluding hydrogens is 412 g/mol. The first kappa shape index (κ1) is 21.4.